The van der Waals surface area contributed by atoms with Crippen LogP contribution in [0.4, 0.5) is 22.0 Å². The number of fused-ring (bicyclic) bond motifs is 1. The fourth-order valence-electron chi connectivity index (χ4n) is 5.98. The summed E-state index contributed by atoms with van der Waals surface area (Å²) in [5.41, 5.74) is -0.134. The quantitative estimate of drug-likeness (QED) is 0.398. The number of rotatable bonds is 5. The number of benzene rings is 2. The molecule has 5 heteroatoms. The minimum absolute atomic E-state index is 0.119. The second-order valence-corrected chi connectivity index (χ2v) is 9.78. The molecule has 0 radical (unpaired) electrons. The number of unbranched alkanes of at least 4 members (excludes halogenated alkanes) is 1. The van der Waals surface area contributed by atoms with E-state index in [1.165, 1.54) is 51.0 Å². The van der Waals surface area contributed by atoms with Gasteiger partial charge in [0.15, 0.2) is 0 Å². The van der Waals surface area contributed by atoms with Gasteiger partial charge in [-0.15, -0.1) is 0 Å². The Morgan fingerprint density at radius 3 is 2.28 bits per heavy atom. The molecule has 0 spiro atoms. The molecule has 0 saturated heterocycles. The molecule has 2 saturated carbocycles. The van der Waals surface area contributed by atoms with Gasteiger partial charge in [0.2, 0.25) is 0 Å². The number of hydrogen-bond acceptors (Lipinski definition) is 0. The summed E-state index contributed by atoms with van der Waals surface area (Å²) in [7, 11) is 0. The van der Waals surface area contributed by atoms with Gasteiger partial charge >= 0.3 is 6.18 Å². The predicted molar refractivity (Wildman–Crippen MR) is 117 cm³/mol. The fourth-order valence-corrected chi connectivity index (χ4v) is 5.98. The molecule has 2 aliphatic carbocycles. The largest absolute Gasteiger partial charge is 0.419 e. The Morgan fingerprint density at radius 2 is 1.59 bits per heavy atom. The first-order valence-corrected chi connectivity index (χ1v) is 11.9. The standard InChI is InChI=1S/C27H31F5/c1-2-3-4-17-5-6-19-14-20(8-7-18(19)13-17)21-9-11-23(25(28)15-21)22-10-12-24(26(29)16-22)27(30,31)32/h9-12,15-20H,2-8,13-14H2,1H3/t17?,18-,19-,20-/m1/s1. The maximum absolute atomic E-state index is 14.9. The molecular weight excluding hydrogens is 419 g/mol. The molecule has 0 nitrogen and oxygen atoms in total. The SMILES string of the molecule is CCCCC1CC[C@@H]2C[C@H](c3ccc(-c4ccc(C(F)(F)F)c(F)c4)c(F)c3)CC[C@@H]2C1. The normalized spacial score (nSPS) is 26.1. The van der Waals surface area contributed by atoms with E-state index < -0.39 is 23.4 Å². The van der Waals surface area contributed by atoms with Crippen molar-refractivity contribution in [2.45, 2.75) is 76.8 Å². The van der Waals surface area contributed by atoms with E-state index >= 15 is 0 Å². The van der Waals surface area contributed by atoms with Gasteiger partial charge < -0.3 is 0 Å². The highest BCUT2D eigenvalue weighted by Gasteiger charge is 2.36. The third kappa shape index (κ3) is 5.02. The Balaban J connectivity index is 1.45. The third-order valence-electron chi connectivity index (χ3n) is 7.74. The van der Waals surface area contributed by atoms with Crippen molar-refractivity contribution in [3.8, 4) is 11.1 Å². The van der Waals surface area contributed by atoms with Crippen molar-refractivity contribution < 1.29 is 22.0 Å². The van der Waals surface area contributed by atoms with Gasteiger partial charge in [0.1, 0.15) is 11.6 Å². The van der Waals surface area contributed by atoms with E-state index in [0.29, 0.717) is 17.9 Å². The molecule has 0 N–H and O–H groups in total. The van der Waals surface area contributed by atoms with Gasteiger partial charge in [0.05, 0.1) is 5.56 Å². The van der Waals surface area contributed by atoms with Crippen LogP contribution in [0, 0.1) is 29.4 Å². The molecule has 4 rings (SSSR count). The number of hydrogen-bond donors (Lipinski definition) is 0. The number of halogens is 5. The first kappa shape index (κ1) is 23.3. The van der Waals surface area contributed by atoms with E-state index in [1.54, 1.807) is 6.07 Å². The van der Waals surface area contributed by atoms with E-state index in [4.69, 9.17) is 0 Å². The molecule has 0 bridgehead atoms. The molecule has 0 aromatic heterocycles. The van der Waals surface area contributed by atoms with E-state index in [9.17, 15) is 22.0 Å². The van der Waals surface area contributed by atoms with Gasteiger partial charge in [-0.25, -0.2) is 8.78 Å². The van der Waals surface area contributed by atoms with Gasteiger partial charge in [-0.2, -0.15) is 13.2 Å². The molecule has 32 heavy (non-hydrogen) atoms. The van der Waals surface area contributed by atoms with Gasteiger partial charge in [0, 0.05) is 5.56 Å². The second-order valence-electron chi connectivity index (χ2n) is 9.78. The van der Waals surface area contributed by atoms with Crippen molar-refractivity contribution in [2.24, 2.45) is 17.8 Å². The van der Waals surface area contributed by atoms with Crippen molar-refractivity contribution in [2.75, 3.05) is 0 Å². The summed E-state index contributed by atoms with van der Waals surface area (Å²) in [6, 6.07) is 7.53. The lowest BCUT2D eigenvalue weighted by Crippen LogP contribution is -2.30. The van der Waals surface area contributed by atoms with Crippen molar-refractivity contribution in [3.05, 3.63) is 59.2 Å². The monoisotopic (exact) mass is 450 g/mol. The van der Waals surface area contributed by atoms with E-state index in [2.05, 4.69) is 6.92 Å². The summed E-state index contributed by atoms with van der Waals surface area (Å²) in [6.45, 7) is 2.25. The smallest absolute Gasteiger partial charge is 0.206 e. The van der Waals surface area contributed by atoms with Crippen molar-refractivity contribution in [1.82, 2.24) is 0 Å². The Bertz CT molecular complexity index is 932. The minimum atomic E-state index is -4.76. The van der Waals surface area contributed by atoms with Crippen molar-refractivity contribution in [3.63, 3.8) is 0 Å². The van der Waals surface area contributed by atoms with Crippen LogP contribution in [0.5, 0.6) is 0 Å². The van der Waals surface area contributed by atoms with Crippen LogP contribution >= 0.6 is 0 Å². The minimum Gasteiger partial charge on any atom is -0.206 e. The summed E-state index contributed by atoms with van der Waals surface area (Å²) in [5.74, 6) is 0.794. The first-order valence-electron chi connectivity index (χ1n) is 11.9. The summed E-state index contributed by atoms with van der Waals surface area (Å²) in [6.07, 6.45) is 6.39. The molecular formula is C27H31F5. The molecule has 2 fully saturated rings. The molecule has 0 heterocycles. The molecule has 1 unspecified atom stereocenters. The van der Waals surface area contributed by atoms with E-state index in [1.807, 2.05) is 6.07 Å². The average Bonchev–Trinajstić information content (AvgIpc) is 2.76. The summed E-state index contributed by atoms with van der Waals surface area (Å²) >= 11 is 0. The Kier molecular flexibility index (Phi) is 6.92. The van der Waals surface area contributed by atoms with Crippen LogP contribution in [0.15, 0.2) is 36.4 Å². The van der Waals surface area contributed by atoms with Crippen LogP contribution in [0.2, 0.25) is 0 Å². The van der Waals surface area contributed by atoms with Crippen LogP contribution in [0.1, 0.15) is 81.8 Å². The maximum Gasteiger partial charge on any atom is 0.419 e. The van der Waals surface area contributed by atoms with Crippen LogP contribution in [0.25, 0.3) is 11.1 Å². The van der Waals surface area contributed by atoms with E-state index in [0.717, 1.165) is 42.4 Å². The third-order valence-corrected chi connectivity index (χ3v) is 7.74. The van der Waals surface area contributed by atoms with E-state index in [-0.39, 0.29) is 11.1 Å². The topological polar surface area (TPSA) is 0 Å². The Hall–Kier alpha value is -1.91. The van der Waals surface area contributed by atoms with Crippen LogP contribution < -0.4 is 0 Å². The molecule has 174 valence electrons. The zero-order valence-electron chi connectivity index (χ0n) is 18.5. The highest BCUT2D eigenvalue weighted by molar-refractivity contribution is 5.65. The lowest BCUT2D eigenvalue weighted by molar-refractivity contribution is -0.139. The predicted octanol–water partition coefficient (Wildman–Crippen LogP) is 9.14. The van der Waals surface area contributed by atoms with Gasteiger partial charge in [-0.1, -0.05) is 50.8 Å². The molecule has 0 amide bonds. The van der Waals surface area contributed by atoms with Crippen molar-refractivity contribution >= 4 is 0 Å². The van der Waals surface area contributed by atoms with Gasteiger partial charge in [-0.3, -0.25) is 0 Å². The molecule has 2 aromatic rings. The zero-order valence-corrected chi connectivity index (χ0v) is 18.5. The molecule has 2 aromatic carbocycles. The molecule has 2 aliphatic rings. The Morgan fingerprint density at radius 1 is 0.844 bits per heavy atom. The van der Waals surface area contributed by atoms with Crippen LogP contribution in [-0.2, 0) is 6.18 Å². The highest BCUT2D eigenvalue weighted by atomic mass is 19.4. The molecule has 4 atom stereocenters. The highest BCUT2D eigenvalue weighted by Crippen LogP contribution is 2.48. The van der Waals surface area contributed by atoms with Gasteiger partial charge in [-0.05, 0) is 85.1 Å². The molecule has 0 aliphatic heterocycles. The van der Waals surface area contributed by atoms with Crippen molar-refractivity contribution in [1.29, 1.82) is 0 Å². The second kappa shape index (κ2) is 9.52. The summed E-state index contributed by atoms with van der Waals surface area (Å²) in [5, 5.41) is 0. The lowest BCUT2D eigenvalue weighted by Gasteiger charge is -2.42. The average molecular weight is 451 g/mol. The number of alkyl halides is 3. The summed E-state index contributed by atoms with van der Waals surface area (Å²) < 4.78 is 67.3. The maximum atomic E-state index is 14.9. The lowest BCUT2D eigenvalue weighted by atomic mass is 9.63. The van der Waals surface area contributed by atoms with Crippen LogP contribution in [-0.4, -0.2) is 0 Å². The first-order chi connectivity index (χ1) is 15.3. The van der Waals surface area contributed by atoms with Crippen LogP contribution in [0.3, 0.4) is 0 Å². The summed E-state index contributed by atoms with van der Waals surface area (Å²) in [4.78, 5) is 0. The van der Waals surface area contributed by atoms with Gasteiger partial charge in [0.25, 0.3) is 0 Å². The fraction of sp³-hybridized carbons (Fsp3) is 0.556. The zero-order chi connectivity index (χ0) is 22.9. The Labute approximate surface area is 187 Å².